The molecular weight excluding hydrogens is 500 g/mol. The molecule has 3 heterocycles. The summed E-state index contributed by atoms with van der Waals surface area (Å²) in [6.45, 7) is 2.04. The van der Waals surface area contributed by atoms with Gasteiger partial charge in [0.1, 0.15) is 0 Å². The molecule has 3 aromatic heterocycles. The van der Waals surface area contributed by atoms with E-state index in [1.807, 2.05) is 77.5 Å². The van der Waals surface area contributed by atoms with E-state index in [-0.39, 0.29) is 11.7 Å². The summed E-state index contributed by atoms with van der Waals surface area (Å²) in [4.78, 5) is 21.3. The number of nitrogens with one attached hydrogen (secondary N) is 1. The molecule has 5 aromatic rings. The number of benzene rings is 2. The van der Waals surface area contributed by atoms with Gasteiger partial charge in [-0.15, -0.1) is 21.5 Å². The van der Waals surface area contributed by atoms with Gasteiger partial charge in [-0.25, -0.2) is 4.98 Å². The van der Waals surface area contributed by atoms with Crippen molar-refractivity contribution < 1.29 is 4.79 Å². The van der Waals surface area contributed by atoms with E-state index in [1.165, 1.54) is 28.7 Å². The lowest BCUT2D eigenvalue weighted by atomic mass is 10.1. The first-order valence-corrected chi connectivity index (χ1v) is 12.9. The minimum Gasteiger partial charge on any atom is -0.301 e. The lowest BCUT2D eigenvalue weighted by Gasteiger charge is -2.10. The number of aryl methyl sites for hydroxylation is 1. The van der Waals surface area contributed by atoms with E-state index in [2.05, 4.69) is 25.5 Å². The number of carbonyl (C=O) groups excluding carboxylic acids is 1. The first-order chi connectivity index (χ1) is 17.1. The zero-order chi connectivity index (χ0) is 24.2. The van der Waals surface area contributed by atoms with E-state index < -0.39 is 0 Å². The number of halogens is 1. The first kappa shape index (κ1) is 23.2. The summed E-state index contributed by atoms with van der Waals surface area (Å²) in [6, 6.07) is 19.3. The highest BCUT2D eigenvalue weighted by Crippen LogP contribution is 2.29. The minimum atomic E-state index is -0.170. The van der Waals surface area contributed by atoms with Gasteiger partial charge in [0.15, 0.2) is 16.1 Å². The number of nitrogens with zero attached hydrogens (tertiary/aromatic N) is 5. The van der Waals surface area contributed by atoms with E-state index in [4.69, 9.17) is 11.6 Å². The van der Waals surface area contributed by atoms with Crippen LogP contribution in [0.2, 0.25) is 5.02 Å². The fourth-order valence-corrected chi connectivity index (χ4v) is 4.96. The van der Waals surface area contributed by atoms with Crippen molar-refractivity contribution in [1.29, 1.82) is 0 Å². The molecule has 0 aliphatic carbocycles. The van der Waals surface area contributed by atoms with Crippen molar-refractivity contribution >= 4 is 45.7 Å². The van der Waals surface area contributed by atoms with Crippen LogP contribution in [-0.4, -0.2) is 36.4 Å². The average molecular weight is 519 g/mol. The van der Waals surface area contributed by atoms with Crippen LogP contribution in [0.5, 0.6) is 0 Å². The SMILES string of the molecule is Cc1ccc(-c2csc(NC(=O)CSc3nnc(-c4ccncc4)n3-c3ccc(Cl)cc3)n2)cc1. The summed E-state index contributed by atoms with van der Waals surface area (Å²) in [7, 11) is 0. The van der Waals surface area contributed by atoms with Crippen molar-refractivity contribution in [3.63, 3.8) is 0 Å². The number of amides is 1. The average Bonchev–Trinajstić information content (AvgIpc) is 3.52. The molecule has 1 N–H and O–H groups in total. The summed E-state index contributed by atoms with van der Waals surface area (Å²) >= 11 is 8.78. The highest BCUT2D eigenvalue weighted by Gasteiger charge is 2.18. The maximum Gasteiger partial charge on any atom is 0.236 e. The largest absolute Gasteiger partial charge is 0.301 e. The zero-order valence-electron chi connectivity index (χ0n) is 18.6. The van der Waals surface area contributed by atoms with E-state index in [0.29, 0.717) is 21.1 Å². The number of aromatic nitrogens is 5. The topological polar surface area (TPSA) is 85.6 Å². The monoisotopic (exact) mass is 518 g/mol. The molecule has 10 heteroatoms. The molecule has 0 saturated heterocycles. The van der Waals surface area contributed by atoms with Gasteiger partial charge in [0, 0.05) is 39.6 Å². The lowest BCUT2D eigenvalue weighted by Crippen LogP contribution is -2.14. The van der Waals surface area contributed by atoms with Crippen molar-refractivity contribution in [3.05, 3.63) is 89.0 Å². The standard InChI is InChI=1S/C25H19ClN6OS2/c1-16-2-4-17(5-3-16)21-14-34-24(28-21)29-22(33)15-35-25-31-30-23(18-10-12-27-13-11-18)32(25)20-8-6-19(26)7-9-20/h2-14H,15H2,1H3,(H,28,29,33). The molecule has 0 aliphatic heterocycles. The number of carbonyl (C=O) groups is 1. The Morgan fingerprint density at radius 3 is 2.49 bits per heavy atom. The predicted octanol–water partition coefficient (Wildman–Crippen LogP) is 6.15. The summed E-state index contributed by atoms with van der Waals surface area (Å²) in [5.74, 6) is 0.637. The molecule has 0 bridgehead atoms. The second-order valence-corrected chi connectivity index (χ2v) is 9.83. The Bertz CT molecular complexity index is 1450. The number of hydrogen-bond donors (Lipinski definition) is 1. The van der Waals surface area contributed by atoms with E-state index >= 15 is 0 Å². The third kappa shape index (κ3) is 5.43. The van der Waals surface area contributed by atoms with E-state index in [1.54, 1.807) is 12.4 Å². The van der Waals surface area contributed by atoms with Gasteiger partial charge in [-0.1, -0.05) is 53.2 Å². The summed E-state index contributed by atoms with van der Waals surface area (Å²) in [6.07, 6.45) is 3.41. The van der Waals surface area contributed by atoms with Gasteiger partial charge < -0.3 is 5.32 Å². The summed E-state index contributed by atoms with van der Waals surface area (Å²) in [5, 5.41) is 15.3. The minimum absolute atomic E-state index is 0.154. The fourth-order valence-electron chi connectivity index (χ4n) is 3.35. The quantitative estimate of drug-likeness (QED) is 0.260. The third-order valence-corrected chi connectivity index (χ3v) is 7.03. The van der Waals surface area contributed by atoms with Crippen molar-refractivity contribution in [2.24, 2.45) is 0 Å². The second-order valence-electron chi connectivity index (χ2n) is 7.59. The Labute approximate surface area is 215 Å². The highest BCUT2D eigenvalue weighted by molar-refractivity contribution is 7.99. The molecule has 35 heavy (non-hydrogen) atoms. The molecule has 0 spiro atoms. The third-order valence-electron chi connectivity index (χ3n) is 5.09. The van der Waals surface area contributed by atoms with Crippen molar-refractivity contribution in [2.45, 2.75) is 12.1 Å². The first-order valence-electron chi connectivity index (χ1n) is 10.6. The number of hydrogen-bond acceptors (Lipinski definition) is 7. The van der Waals surface area contributed by atoms with Crippen LogP contribution < -0.4 is 5.32 Å². The number of thioether (sulfide) groups is 1. The van der Waals surface area contributed by atoms with Crippen molar-refractivity contribution in [3.8, 4) is 28.3 Å². The molecule has 7 nitrogen and oxygen atoms in total. The Morgan fingerprint density at radius 1 is 1.00 bits per heavy atom. The van der Waals surface area contributed by atoms with Crippen molar-refractivity contribution in [2.75, 3.05) is 11.1 Å². The number of rotatable bonds is 7. The van der Waals surface area contributed by atoms with Crippen LogP contribution in [0.3, 0.4) is 0 Å². The van der Waals surface area contributed by atoms with E-state index in [9.17, 15) is 4.79 Å². The molecule has 0 aliphatic rings. The van der Waals surface area contributed by atoms with Gasteiger partial charge in [0.2, 0.25) is 5.91 Å². The van der Waals surface area contributed by atoms with Crippen LogP contribution in [0.1, 0.15) is 5.56 Å². The van der Waals surface area contributed by atoms with Crippen LogP contribution in [0.15, 0.2) is 83.6 Å². The lowest BCUT2D eigenvalue weighted by molar-refractivity contribution is -0.113. The molecule has 5 rings (SSSR count). The smallest absolute Gasteiger partial charge is 0.236 e. The Hall–Kier alpha value is -3.53. The molecule has 174 valence electrons. The van der Waals surface area contributed by atoms with E-state index in [0.717, 1.165) is 22.5 Å². The van der Waals surface area contributed by atoms with Gasteiger partial charge in [0.05, 0.1) is 11.4 Å². The molecule has 1 amide bonds. The predicted molar refractivity (Wildman–Crippen MR) is 141 cm³/mol. The zero-order valence-corrected chi connectivity index (χ0v) is 20.9. The molecule has 0 atom stereocenters. The molecular formula is C25H19ClN6OS2. The number of anilines is 1. The van der Waals surface area contributed by atoms with Crippen molar-refractivity contribution in [1.82, 2.24) is 24.7 Å². The Morgan fingerprint density at radius 2 is 1.74 bits per heavy atom. The number of pyridine rings is 1. The van der Waals surface area contributed by atoms with Crippen LogP contribution in [0, 0.1) is 6.92 Å². The fraction of sp³-hybridized carbons (Fsp3) is 0.0800. The Balaban J connectivity index is 1.32. The van der Waals surface area contributed by atoms with Gasteiger partial charge >= 0.3 is 0 Å². The Kier molecular flexibility index (Phi) is 6.89. The second kappa shape index (κ2) is 10.4. The van der Waals surface area contributed by atoms with Crippen LogP contribution in [0.25, 0.3) is 28.3 Å². The van der Waals surface area contributed by atoms with Gasteiger partial charge in [0.25, 0.3) is 0 Å². The number of thiazole rings is 1. The maximum absolute atomic E-state index is 12.7. The maximum atomic E-state index is 12.7. The van der Waals surface area contributed by atoms with Crippen LogP contribution >= 0.6 is 34.7 Å². The van der Waals surface area contributed by atoms with Gasteiger partial charge in [-0.05, 0) is 43.3 Å². The molecule has 2 aromatic carbocycles. The van der Waals surface area contributed by atoms with Gasteiger partial charge in [-0.3, -0.25) is 14.3 Å². The molecule has 0 radical (unpaired) electrons. The normalized spacial score (nSPS) is 10.9. The molecule has 0 fully saturated rings. The van der Waals surface area contributed by atoms with Crippen LogP contribution in [-0.2, 0) is 4.79 Å². The highest BCUT2D eigenvalue weighted by atomic mass is 35.5. The summed E-state index contributed by atoms with van der Waals surface area (Å²) in [5.41, 5.74) is 4.75. The molecule has 0 unspecified atom stereocenters. The van der Waals surface area contributed by atoms with Crippen LogP contribution in [0.4, 0.5) is 5.13 Å². The van der Waals surface area contributed by atoms with Gasteiger partial charge in [-0.2, -0.15) is 0 Å². The molecule has 0 saturated carbocycles. The summed E-state index contributed by atoms with van der Waals surface area (Å²) < 4.78 is 1.91.